The van der Waals surface area contributed by atoms with Gasteiger partial charge in [0.2, 0.25) is 4.96 Å². The third kappa shape index (κ3) is 2.46. The Morgan fingerprint density at radius 3 is 2.72 bits per heavy atom. The molecule has 5 nitrogen and oxygen atoms in total. The van der Waals surface area contributed by atoms with Crippen molar-refractivity contribution in [2.24, 2.45) is 5.73 Å². The topological polar surface area (TPSA) is 69.1 Å². The number of nitrogens with zero attached hydrogens (tertiary/aromatic N) is 4. The summed E-state index contributed by atoms with van der Waals surface area (Å²) in [6, 6.07) is -0.349. The first kappa shape index (κ1) is 13.2. The second-order valence-corrected chi connectivity index (χ2v) is 4.89. The molecule has 2 aromatic heterocycles. The highest BCUT2D eigenvalue weighted by molar-refractivity contribution is 7.16. The van der Waals surface area contributed by atoms with Crippen molar-refractivity contribution in [1.82, 2.24) is 19.8 Å². The zero-order chi connectivity index (χ0) is 13.3. The minimum Gasteiger partial charge on any atom is -0.322 e. The largest absolute Gasteiger partial charge is 0.453 e. The zero-order valence-corrected chi connectivity index (χ0v) is 10.4. The van der Waals surface area contributed by atoms with Crippen molar-refractivity contribution in [2.75, 3.05) is 0 Å². The summed E-state index contributed by atoms with van der Waals surface area (Å²) in [5.41, 5.74) is 5.87. The second-order valence-electron chi connectivity index (χ2n) is 3.90. The highest BCUT2D eigenvalue weighted by atomic mass is 32.1. The van der Waals surface area contributed by atoms with E-state index in [4.69, 9.17) is 5.73 Å². The average Bonchev–Trinajstić information content (AvgIpc) is 2.82. The zero-order valence-electron chi connectivity index (χ0n) is 9.61. The molecule has 1 atom stereocenters. The van der Waals surface area contributed by atoms with Gasteiger partial charge < -0.3 is 5.73 Å². The first-order chi connectivity index (χ1) is 8.43. The number of hydrogen-bond acceptors (Lipinski definition) is 5. The molecule has 2 rings (SSSR count). The Hall–Kier alpha value is -1.22. The van der Waals surface area contributed by atoms with Crippen LogP contribution in [0.25, 0.3) is 4.96 Å². The molecule has 0 amide bonds. The molecule has 0 aliphatic carbocycles. The van der Waals surface area contributed by atoms with Crippen molar-refractivity contribution in [3.05, 3.63) is 10.8 Å². The van der Waals surface area contributed by atoms with E-state index in [1.54, 1.807) is 0 Å². The molecule has 0 radical (unpaired) electrons. The van der Waals surface area contributed by atoms with E-state index in [2.05, 4.69) is 15.3 Å². The SMILES string of the molecule is CCCCC(N)c1nn2c(C(F)(F)F)nnc2s1. The molecular weight excluding hydrogens is 267 g/mol. The van der Waals surface area contributed by atoms with Gasteiger partial charge in [0.15, 0.2) is 0 Å². The van der Waals surface area contributed by atoms with Crippen LogP contribution in [0, 0.1) is 0 Å². The Balaban J connectivity index is 2.31. The first-order valence-corrected chi connectivity index (χ1v) is 6.30. The fraction of sp³-hybridized carbons (Fsp3) is 0.667. The average molecular weight is 279 g/mol. The lowest BCUT2D eigenvalue weighted by Gasteiger charge is -2.05. The monoisotopic (exact) mass is 279 g/mol. The van der Waals surface area contributed by atoms with E-state index in [1.807, 2.05) is 6.92 Å². The number of unbranched alkanes of at least 4 members (excludes halogenated alkanes) is 1. The number of halogens is 3. The quantitative estimate of drug-likeness (QED) is 0.933. The third-order valence-electron chi connectivity index (χ3n) is 2.45. The van der Waals surface area contributed by atoms with Crippen LogP contribution >= 0.6 is 11.3 Å². The number of hydrogen-bond donors (Lipinski definition) is 1. The van der Waals surface area contributed by atoms with Crippen LogP contribution in [0.5, 0.6) is 0 Å². The molecule has 18 heavy (non-hydrogen) atoms. The number of aromatic nitrogens is 4. The maximum Gasteiger partial charge on any atom is 0.453 e. The van der Waals surface area contributed by atoms with E-state index in [0.29, 0.717) is 15.9 Å². The molecule has 0 bridgehead atoms. The van der Waals surface area contributed by atoms with Crippen molar-refractivity contribution in [2.45, 2.75) is 38.4 Å². The molecule has 2 aromatic rings. The number of fused-ring (bicyclic) bond motifs is 1. The van der Waals surface area contributed by atoms with E-state index in [9.17, 15) is 13.2 Å². The molecule has 0 spiro atoms. The van der Waals surface area contributed by atoms with Gasteiger partial charge >= 0.3 is 6.18 Å². The highest BCUT2D eigenvalue weighted by Gasteiger charge is 2.38. The van der Waals surface area contributed by atoms with E-state index in [1.165, 1.54) is 0 Å². The lowest BCUT2D eigenvalue weighted by molar-refractivity contribution is -0.146. The lowest BCUT2D eigenvalue weighted by Crippen LogP contribution is -2.14. The predicted octanol–water partition coefficient (Wildman–Crippen LogP) is 2.39. The van der Waals surface area contributed by atoms with Gasteiger partial charge in [-0.05, 0) is 6.42 Å². The van der Waals surface area contributed by atoms with Crippen molar-refractivity contribution in [3.63, 3.8) is 0 Å². The Morgan fingerprint density at radius 1 is 1.39 bits per heavy atom. The standard InChI is InChI=1S/C9H12F3N5S/c1-2-3-4-5(13)6-16-17-7(9(10,11)12)14-15-8(17)18-6/h5H,2-4,13H2,1H3. The van der Waals surface area contributed by atoms with Crippen LogP contribution in [-0.4, -0.2) is 19.8 Å². The van der Waals surface area contributed by atoms with Gasteiger partial charge in [0.05, 0.1) is 6.04 Å². The molecule has 9 heteroatoms. The summed E-state index contributed by atoms with van der Waals surface area (Å²) in [7, 11) is 0. The molecule has 100 valence electrons. The van der Waals surface area contributed by atoms with Gasteiger partial charge in [-0.15, -0.1) is 10.2 Å². The minimum absolute atomic E-state index is 0.115. The molecule has 2 N–H and O–H groups in total. The lowest BCUT2D eigenvalue weighted by atomic mass is 10.1. The molecule has 0 saturated carbocycles. The normalized spacial score (nSPS) is 14.3. The molecular formula is C9H12F3N5S. The number of rotatable bonds is 4. The number of nitrogens with two attached hydrogens (primary N) is 1. The van der Waals surface area contributed by atoms with Gasteiger partial charge in [-0.3, -0.25) is 0 Å². The summed E-state index contributed by atoms with van der Waals surface area (Å²) in [6.45, 7) is 2.02. The van der Waals surface area contributed by atoms with Gasteiger partial charge in [0.1, 0.15) is 5.01 Å². The maximum absolute atomic E-state index is 12.6. The fourth-order valence-electron chi connectivity index (χ4n) is 1.51. The third-order valence-corrected chi connectivity index (χ3v) is 3.48. The summed E-state index contributed by atoms with van der Waals surface area (Å²) in [5, 5.41) is 10.9. The van der Waals surface area contributed by atoms with Crippen LogP contribution in [0.15, 0.2) is 0 Å². The van der Waals surface area contributed by atoms with Gasteiger partial charge in [0, 0.05) is 0 Å². The van der Waals surface area contributed by atoms with Crippen molar-refractivity contribution in [1.29, 1.82) is 0 Å². The van der Waals surface area contributed by atoms with Gasteiger partial charge in [-0.1, -0.05) is 31.1 Å². The Labute approximate surface area is 105 Å². The van der Waals surface area contributed by atoms with E-state index < -0.39 is 12.0 Å². The molecule has 0 saturated heterocycles. The van der Waals surface area contributed by atoms with Crippen LogP contribution in [0.3, 0.4) is 0 Å². The molecule has 2 heterocycles. The maximum atomic E-state index is 12.6. The molecule has 0 fully saturated rings. The van der Waals surface area contributed by atoms with E-state index >= 15 is 0 Å². The molecule has 1 unspecified atom stereocenters. The predicted molar refractivity (Wildman–Crippen MR) is 60.1 cm³/mol. The molecule has 0 aromatic carbocycles. The summed E-state index contributed by atoms with van der Waals surface area (Å²) in [4.78, 5) is 0.115. The first-order valence-electron chi connectivity index (χ1n) is 5.48. The Bertz CT molecular complexity index is 532. The smallest absolute Gasteiger partial charge is 0.322 e. The molecule has 0 aliphatic heterocycles. The van der Waals surface area contributed by atoms with Crippen LogP contribution in [0.1, 0.15) is 43.1 Å². The van der Waals surface area contributed by atoms with Gasteiger partial charge in [-0.2, -0.15) is 22.8 Å². The van der Waals surface area contributed by atoms with Crippen molar-refractivity contribution in [3.8, 4) is 0 Å². The van der Waals surface area contributed by atoms with E-state index in [-0.39, 0.29) is 11.0 Å². The summed E-state index contributed by atoms with van der Waals surface area (Å²) < 4.78 is 38.4. The van der Waals surface area contributed by atoms with Crippen LogP contribution in [0.4, 0.5) is 13.2 Å². The summed E-state index contributed by atoms with van der Waals surface area (Å²) >= 11 is 1.05. The number of alkyl halides is 3. The van der Waals surface area contributed by atoms with Crippen molar-refractivity contribution < 1.29 is 13.2 Å². The fourth-order valence-corrected chi connectivity index (χ4v) is 2.38. The summed E-state index contributed by atoms with van der Waals surface area (Å²) in [5.74, 6) is -1.11. The highest BCUT2D eigenvalue weighted by Crippen LogP contribution is 2.30. The van der Waals surface area contributed by atoms with E-state index in [0.717, 1.165) is 24.2 Å². The Kier molecular flexibility index (Phi) is 3.53. The molecule has 0 aliphatic rings. The van der Waals surface area contributed by atoms with Crippen LogP contribution < -0.4 is 5.73 Å². The minimum atomic E-state index is -4.56. The van der Waals surface area contributed by atoms with Crippen LogP contribution in [0.2, 0.25) is 0 Å². The van der Waals surface area contributed by atoms with Gasteiger partial charge in [-0.25, -0.2) is 0 Å². The van der Waals surface area contributed by atoms with Crippen molar-refractivity contribution >= 4 is 16.3 Å². The second kappa shape index (κ2) is 4.81. The Morgan fingerprint density at radius 2 is 2.11 bits per heavy atom. The van der Waals surface area contributed by atoms with Crippen LogP contribution in [-0.2, 0) is 6.18 Å². The van der Waals surface area contributed by atoms with Gasteiger partial charge in [0.25, 0.3) is 5.82 Å². The summed E-state index contributed by atoms with van der Waals surface area (Å²) in [6.07, 6.45) is -1.97.